The monoisotopic (exact) mass is 216 g/mol. The van der Waals surface area contributed by atoms with Crippen LogP contribution < -0.4 is 5.56 Å². The lowest BCUT2D eigenvalue weighted by Gasteiger charge is -1.94. The van der Waals surface area contributed by atoms with Gasteiger partial charge in [0.15, 0.2) is 0 Å². The molecule has 68 valence electrons. The van der Waals surface area contributed by atoms with Gasteiger partial charge in [-0.2, -0.15) is 0 Å². The number of hydrogen-bond acceptors (Lipinski definition) is 2. The van der Waals surface area contributed by atoms with Gasteiger partial charge in [-0.15, -0.1) is 12.4 Å². The number of halogens is 2. The fourth-order valence-electron chi connectivity index (χ4n) is 1.04. The SMILES string of the molecule is Cl.O=c1[nH]cnc2cc(Cl)ccc12. The molecule has 2 aromatic rings. The highest BCUT2D eigenvalue weighted by Gasteiger charge is 1.97. The molecule has 0 fully saturated rings. The van der Waals surface area contributed by atoms with Crippen LogP contribution in [0.25, 0.3) is 10.9 Å². The Morgan fingerprint density at radius 1 is 1.38 bits per heavy atom. The van der Waals surface area contributed by atoms with Crippen LogP contribution in [0.15, 0.2) is 29.3 Å². The van der Waals surface area contributed by atoms with Crippen LogP contribution in [-0.2, 0) is 0 Å². The molecule has 3 nitrogen and oxygen atoms in total. The largest absolute Gasteiger partial charge is 0.313 e. The maximum absolute atomic E-state index is 11.2. The van der Waals surface area contributed by atoms with Gasteiger partial charge in [0, 0.05) is 5.02 Å². The molecule has 2 rings (SSSR count). The van der Waals surface area contributed by atoms with Gasteiger partial charge in [0.2, 0.25) is 0 Å². The minimum absolute atomic E-state index is 0. The van der Waals surface area contributed by atoms with E-state index in [0.717, 1.165) is 0 Å². The van der Waals surface area contributed by atoms with E-state index in [1.807, 2.05) is 0 Å². The molecule has 0 spiro atoms. The van der Waals surface area contributed by atoms with Gasteiger partial charge in [-0.05, 0) is 18.2 Å². The summed E-state index contributed by atoms with van der Waals surface area (Å²) in [4.78, 5) is 17.6. The molecule has 13 heavy (non-hydrogen) atoms. The second-order valence-corrected chi connectivity index (χ2v) is 2.83. The molecule has 1 aromatic heterocycles. The van der Waals surface area contributed by atoms with Crippen molar-refractivity contribution in [1.82, 2.24) is 9.97 Å². The second kappa shape index (κ2) is 3.77. The number of H-pyrrole nitrogens is 1. The molecule has 0 saturated carbocycles. The fraction of sp³-hybridized carbons (Fsp3) is 0. The Bertz CT molecular complexity index is 481. The quantitative estimate of drug-likeness (QED) is 0.733. The first kappa shape index (κ1) is 10.0. The van der Waals surface area contributed by atoms with E-state index < -0.39 is 0 Å². The third-order valence-electron chi connectivity index (χ3n) is 1.60. The summed E-state index contributed by atoms with van der Waals surface area (Å²) in [5.74, 6) is 0. The summed E-state index contributed by atoms with van der Waals surface area (Å²) in [7, 11) is 0. The summed E-state index contributed by atoms with van der Waals surface area (Å²) in [6.45, 7) is 0. The lowest BCUT2D eigenvalue weighted by Crippen LogP contribution is -2.05. The predicted octanol–water partition coefficient (Wildman–Crippen LogP) is 2.00. The van der Waals surface area contributed by atoms with E-state index >= 15 is 0 Å². The van der Waals surface area contributed by atoms with Crippen LogP contribution in [0.4, 0.5) is 0 Å². The van der Waals surface area contributed by atoms with E-state index in [9.17, 15) is 4.79 Å². The smallest absolute Gasteiger partial charge is 0.258 e. The van der Waals surface area contributed by atoms with Crippen LogP contribution in [0.1, 0.15) is 0 Å². The van der Waals surface area contributed by atoms with Crippen LogP contribution in [0.5, 0.6) is 0 Å². The molecule has 1 heterocycles. The number of nitrogens with zero attached hydrogens (tertiary/aromatic N) is 1. The van der Waals surface area contributed by atoms with Crippen molar-refractivity contribution in [3.05, 3.63) is 39.9 Å². The molecule has 0 radical (unpaired) electrons. The van der Waals surface area contributed by atoms with Crippen molar-refractivity contribution >= 4 is 34.9 Å². The van der Waals surface area contributed by atoms with Gasteiger partial charge >= 0.3 is 0 Å². The Balaban J connectivity index is 0.000000845. The van der Waals surface area contributed by atoms with Crippen molar-refractivity contribution in [3.8, 4) is 0 Å². The number of aromatic amines is 1. The minimum atomic E-state index is -0.142. The number of nitrogens with one attached hydrogen (secondary N) is 1. The van der Waals surface area contributed by atoms with E-state index in [-0.39, 0.29) is 18.0 Å². The predicted molar refractivity (Wildman–Crippen MR) is 54.6 cm³/mol. The first-order chi connectivity index (χ1) is 5.77. The van der Waals surface area contributed by atoms with Gasteiger partial charge in [0.25, 0.3) is 5.56 Å². The molecule has 1 aromatic carbocycles. The highest BCUT2D eigenvalue weighted by atomic mass is 35.5. The molecular formula is C8H6Cl2N2O. The normalized spacial score (nSPS) is 9.62. The average Bonchev–Trinajstić information content (AvgIpc) is 2.04. The lowest BCUT2D eigenvalue weighted by atomic mass is 10.2. The van der Waals surface area contributed by atoms with Crippen LogP contribution in [0.3, 0.4) is 0 Å². The Hall–Kier alpha value is -1.06. The Kier molecular flexibility index (Phi) is 2.90. The molecule has 0 unspecified atom stereocenters. The van der Waals surface area contributed by atoms with E-state index in [2.05, 4.69) is 9.97 Å². The van der Waals surface area contributed by atoms with Gasteiger partial charge in [0.1, 0.15) is 0 Å². The molecule has 0 bridgehead atoms. The summed E-state index contributed by atoms with van der Waals surface area (Å²) in [5.41, 5.74) is 0.475. The molecule has 0 saturated heterocycles. The van der Waals surface area contributed by atoms with Crippen LogP contribution in [0.2, 0.25) is 5.02 Å². The van der Waals surface area contributed by atoms with Gasteiger partial charge in [-0.3, -0.25) is 4.79 Å². The first-order valence-electron chi connectivity index (χ1n) is 3.40. The Morgan fingerprint density at radius 2 is 2.15 bits per heavy atom. The molecule has 0 atom stereocenters. The van der Waals surface area contributed by atoms with Crippen LogP contribution in [0, 0.1) is 0 Å². The van der Waals surface area contributed by atoms with Crippen molar-refractivity contribution in [2.24, 2.45) is 0 Å². The molecule has 0 aliphatic heterocycles. The van der Waals surface area contributed by atoms with Crippen LogP contribution >= 0.6 is 24.0 Å². The molecule has 5 heteroatoms. The number of rotatable bonds is 0. The van der Waals surface area contributed by atoms with E-state index in [4.69, 9.17) is 11.6 Å². The third-order valence-corrected chi connectivity index (χ3v) is 1.84. The summed E-state index contributed by atoms with van der Waals surface area (Å²) < 4.78 is 0. The minimum Gasteiger partial charge on any atom is -0.313 e. The van der Waals surface area contributed by atoms with Crippen molar-refractivity contribution in [2.45, 2.75) is 0 Å². The van der Waals surface area contributed by atoms with Gasteiger partial charge < -0.3 is 4.98 Å². The number of fused-ring (bicyclic) bond motifs is 1. The number of benzene rings is 1. The molecular weight excluding hydrogens is 211 g/mol. The summed E-state index contributed by atoms with van der Waals surface area (Å²) in [6.07, 6.45) is 1.36. The zero-order valence-corrected chi connectivity index (χ0v) is 8.02. The van der Waals surface area contributed by atoms with Crippen LogP contribution in [-0.4, -0.2) is 9.97 Å². The number of aromatic nitrogens is 2. The van der Waals surface area contributed by atoms with Crippen molar-refractivity contribution < 1.29 is 0 Å². The number of hydrogen-bond donors (Lipinski definition) is 1. The Labute approximate surface area is 85.2 Å². The maximum Gasteiger partial charge on any atom is 0.258 e. The standard InChI is InChI=1S/C8H5ClN2O.ClH/c9-5-1-2-6-7(3-5)10-4-11-8(6)12;/h1-4H,(H,10,11,12);1H. The second-order valence-electron chi connectivity index (χ2n) is 2.39. The fourth-order valence-corrected chi connectivity index (χ4v) is 1.21. The van der Waals surface area contributed by atoms with Crippen molar-refractivity contribution in [1.29, 1.82) is 0 Å². The van der Waals surface area contributed by atoms with E-state index in [0.29, 0.717) is 15.9 Å². The molecule has 1 N–H and O–H groups in total. The third kappa shape index (κ3) is 1.82. The van der Waals surface area contributed by atoms with Crippen molar-refractivity contribution in [3.63, 3.8) is 0 Å². The summed E-state index contributed by atoms with van der Waals surface area (Å²) in [6, 6.07) is 4.98. The van der Waals surface area contributed by atoms with Crippen molar-refractivity contribution in [2.75, 3.05) is 0 Å². The van der Waals surface area contributed by atoms with Gasteiger partial charge in [0.05, 0.1) is 17.2 Å². The molecule has 0 aliphatic rings. The molecule has 0 amide bonds. The van der Waals surface area contributed by atoms with Gasteiger partial charge in [-0.25, -0.2) is 4.98 Å². The van der Waals surface area contributed by atoms with E-state index in [1.165, 1.54) is 6.33 Å². The van der Waals surface area contributed by atoms with E-state index in [1.54, 1.807) is 18.2 Å². The topological polar surface area (TPSA) is 45.8 Å². The first-order valence-corrected chi connectivity index (χ1v) is 3.78. The summed E-state index contributed by atoms with van der Waals surface area (Å²) >= 11 is 5.72. The van der Waals surface area contributed by atoms with Gasteiger partial charge in [-0.1, -0.05) is 11.6 Å². The Morgan fingerprint density at radius 3 is 2.92 bits per heavy atom. The molecule has 0 aliphatic carbocycles. The highest BCUT2D eigenvalue weighted by molar-refractivity contribution is 6.31. The zero-order chi connectivity index (χ0) is 8.55. The maximum atomic E-state index is 11.2. The lowest BCUT2D eigenvalue weighted by molar-refractivity contribution is 1.17. The average molecular weight is 217 g/mol. The summed E-state index contributed by atoms with van der Waals surface area (Å²) in [5, 5.41) is 1.14. The zero-order valence-electron chi connectivity index (χ0n) is 6.45. The highest BCUT2D eigenvalue weighted by Crippen LogP contribution is 2.13.